The van der Waals surface area contributed by atoms with Gasteiger partial charge in [-0.3, -0.25) is 0 Å². The van der Waals surface area contributed by atoms with Crippen molar-refractivity contribution >= 4 is 26.2 Å². The van der Waals surface area contributed by atoms with Crippen LogP contribution in [-0.2, 0) is 10.2 Å². The third-order valence-corrected chi connectivity index (χ3v) is 3.51. The van der Waals surface area contributed by atoms with E-state index in [9.17, 15) is 12.3 Å². The molecule has 0 aliphatic carbocycles. The normalized spacial score (nSPS) is 14.4. The summed E-state index contributed by atoms with van der Waals surface area (Å²) in [5, 5.41) is 0. The monoisotopic (exact) mass is 282 g/mol. The number of hydrogen-bond donors (Lipinski definition) is 0. The van der Waals surface area contributed by atoms with Gasteiger partial charge < -0.3 is 9.47 Å². The first-order valence-corrected chi connectivity index (χ1v) is 5.70. The maximum Gasteiger partial charge on any atom is 0.337 e. The van der Waals surface area contributed by atoms with Gasteiger partial charge in [-0.1, -0.05) is 0 Å². The van der Waals surface area contributed by atoms with Gasteiger partial charge in [-0.05, 0) is 28.1 Å². The summed E-state index contributed by atoms with van der Waals surface area (Å²) < 4.78 is 44.3. The van der Waals surface area contributed by atoms with E-state index < -0.39 is 15.1 Å². The lowest BCUT2D eigenvalue weighted by Gasteiger charge is -2.03. The molecule has 1 aliphatic heterocycles. The molecule has 0 N–H and O–H groups in total. The second-order valence-electron chi connectivity index (χ2n) is 2.55. The molecular formula is C7H4BrFO4S. The smallest absolute Gasteiger partial charge is 0.337 e. The second-order valence-corrected chi connectivity index (χ2v) is 4.69. The molecule has 0 aromatic heterocycles. The van der Waals surface area contributed by atoms with Gasteiger partial charge >= 0.3 is 10.2 Å². The number of hydrogen-bond acceptors (Lipinski definition) is 4. The molecule has 76 valence electrons. The summed E-state index contributed by atoms with van der Waals surface area (Å²) in [6.07, 6.45) is 0. The zero-order chi connectivity index (χ0) is 10.3. The lowest BCUT2D eigenvalue weighted by Crippen LogP contribution is -1.97. The molecule has 7 heteroatoms. The Bertz CT molecular complexity index is 485. The number of benzene rings is 1. The molecule has 0 bridgehead atoms. The van der Waals surface area contributed by atoms with Crippen LogP contribution in [0.25, 0.3) is 0 Å². The van der Waals surface area contributed by atoms with Gasteiger partial charge in [-0.25, -0.2) is 0 Å². The van der Waals surface area contributed by atoms with Gasteiger partial charge in [0.25, 0.3) is 0 Å². The minimum atomic E-state index is -4.81. The standard InChI is InChI=1S/C7H4BrFO4S/c8-4-1-2-5-6(13-3-12-5)7(4)14(9,10)11/h1-2H,3H2. The molecule has 1 aliphatic rings. The van der Waals surface area contributed by atoms with Gasteiger partial charge in [0.05, 0.1) is 0 Å². The fourth-order valence-electron chi connectivity index (χ4n) is 1.15. The predicted octanol–water partition coefficient (Wildman–Crippen LogP) is 1.84. The highest BCUT2D eigenvalue weighted by Gasteiger charge is 2.28. The van der Waals surface area contributed by atoms with Crippen molar-refractivity contribution in [3.63, 3.8) is 0 Å². The zero-order valence-electron chi connectivity index (χ0n) is 6.66. The molecular weight excluding hydrogens is 279 g/mol. The van der Waals surface area contributed by atoms with Crippen molar-refractivity contribution in [3.05, 3.63) is 16.6 Å². The van der Waals surface area contributed by atoms with Crippen molar-refractivity contribution in [1.29, 1.82) is 0 Å². The van der Waals surface area contributed by atoms with E-state index in [0.717, 1.165) is 0 Å². The molecule has 0 amide bonds. The van der Waals surface area contributed by atoms with Crippen molar-refractivity contribution in [2.24, 2.45) is 0 Å². The van der Waals surface area contributed by atoms with Crippen LogP contribution in [0.15, 0.2) is 21.5 Å². The van der Waals surface area contributed by atoms with Crippen LogP contribution in [0.2, 0.25) is 0 Å². The zero-order valence-corrected chi connectivity index (χ0v) is 9.06. The van der Waals surface area contributed by atoms with Gasteiger partial charge in [-0.2, -0.15) is 8.42 Å². The van der Waals surface area contributed by atoms with E-state index in [-0.39, 0.29) is 22.8 Å². The first-order valence-electron chi connectivity index (χ1n) is 3.53. The molecule has 0 atom stereocenters. The molecule has 0 radical (unpaired) electrons. The van der Waals surface area contributed by atoms with E-state index in [1.807, 2.05) is 0 Å². The summed E-state index contributed by atoms with van der Waals surface area (Å²) in [6, 6.07) is 2.89. The van der Waals surface area contributed by atoms with Crippen LogP contribution in [0.5, 0.6) is 11.5 Å². The average Bonchev–Trinajstić information content (AvgIpc) is 2.48. The van der Waals surface area contributed by atoms with Gasteiger partial charge in [0.2, 0.25) is 6.79 Å². The van der Waals surface area contributed by atoms with E-state index in [1.54, 1.807) is 0 Å². The summed E-state index contributed by atoms with van der Waals surface area (Å²) in [5.74, 6) is 0.145. The Morgan fingerprint density at radius 1 is 1.36 bits per heavy atom. The molecule has 1 aromatic carbocycles. The predicted molar refractivity (Wildman–Crippen MR) is 48.6 cm³/mol. The van der Waals surface area contributed by atoms with Gasteiger partial charge in [0, 0.05) is 4.47 Å². The highest BCUT2D eigenvalue weighted by atomic mass is 79.9. The molecule has 2 rings (SSSR count). The van der Waals surface area contributed by atoms with Crippen molar-refractivity contribution in [2.45, 2.75) is 4.90 Å². The van der Waals surface area contributed by atoms with E-state index in [0.29, 0.717) is 0 Å². The molecule has 1 heterocycles. The first kappa shape index (κ1) is 9.72. The van der Waals surface area contributed by atoms with Gasteiger partial charge in [0.1, 0.15) is 0 Å². The number of fused-ring (bicyclic) bond motifs is 1. The van der Waals surface area contributed by atoms with E-state index >= 15 is 0 Å². The lowest BCUT2D eigenvalue weighted by molar-refractivity contribution is 0.172. The molecule has 4 nitrogen and oxygen atoms in total. The van der Waals surface area contributed by atoms with Crippen LogP contribution < -0.4 is 9.47 Å². The number of rotatable bonds is 1. The summed E-state index contributed by atoms with van der Waals surface area (Å²) in [6.45, 7) is -0.103. The van der Waals surface area contributed by atoms with Crippen LogP contribution in [0.3, 0.4) is 0 Å². The highest BCUT2D eigenvalue weighted by molar-refractivity contribution is 9.10. The van der Waals surface area contributed by atoms with Gasteiger partial charge in [-0.15, -0.1) is 3.89 Å². The SMILES string of the molecule is O=S(=O)(F)c1c(Br)ccc2c1OCO2. The van der Waals surface area contributed by atoms with Gasteiger partial charge in [0.15, 0.2) is 16.4 Å². The fourth-order valence-corrected chi connectivity index (χ4v) is 2.72. The van der Waals surface area contributed by atoms with Crippen molar-refractivity contribution in [3.8, 4) is 11.5 Å². The summed E-state index contributed by atoms with van der Waals surface area (Å²) in [5.41, 5.74) is 0. The number of halogens is 2. The molecule has 14 heavy (non-hydrogen) atoms. The third kappa shape index (κ3) is 1.46. The largest absolute Gasteiger partial charge is 0.454 e. The highest BCUT2D eigenvalue weighted by Crippen LogP contribution is 2.42. The van der Waals surface area contributed by atoms with E-state index in [2.05, 4.69) is 15.9 Å². The summed E-state index contributed by atoms with van der Waals surface area (Å²) in [7, 11) is -4.81. The third-order valence-electron chi connectivity index (χ3n) is 1.69. The van der Waals surface area contributed by atoms with Crippen molar-refractivity contribution in [1.82, 2.24) is 0 Å². The van der Waals surface area contributed by atoms with Crippen LogP contribution >= 0.6 is 15.9 Å². The van der Waals surface area contributed by atoms with Crippen LogP contribution in [0.1, 0.15) is 0 Å². The summed E-state index contributed by atoms with van der Waals surface area (Å²) >= 11 is 2.93. The molecule has 0 spiro atoms. The first-order chi connectivity index (χ1) is 6.50. The van der Waals surface area contributed by atoms with E-state index in [1.165, 1.54) is 12.1 Å². The second kappa shape index (κ2) is 3.09. The quantitative estimate of drug-likeness (QED) is 0.738. The average molecular weight is 283 g/mol. The Hall–Kier alpha value is -0.820. The molecule has 1 aromatic rings. The number of ether oxygens (including phenoxy) is 2. The Morgan fingerprint density at radius 2 is 2.07 bits per heavy atom. The maximum atomic E-state index is 12.8. The topological polar surface area (TPSA) is 52.6 Å². The Labute approximate surface area is 88.0 Å². The molecule has 0 saturated carbocycles. The van der Waals surface area contributed by atoms with Crippen LogP contribution in [0.4, 0.5) is 3.89 Å². The maximum absolute atomic E-state index is 12.8. The Morgan fingerprint density at radius 3 is 2.71 bits per heavy atom. The van der Waals surface area contributed by atoms with Crippen molar-refractivity contribution < 1.29 is 21.8 Å². The fraction of sp³-hybridized carbons (Fsp3) is 0.143. The minimum absolute atomic E-state index is 0.0816. The molecule has 0 unspecified atom stereocenters. The minimum Gasteiger partial charge on any atom is -0.454 e. The molecule has 0 saturated heterocycles. The van der Waals surface area contributed by atoms with E-state index in [4.69, 9.17) is 9.47 Å². The molecule has 0 fully saturated rings. The van der Waals surface area contributed by atoms with Crippen LogP contribution in [0, 0.1) is 0 Å². The van der Waals surface area contributed by atoms with Crippen LogP contribution in [-0.4, -0.2) is 15.2 Å². The lowest BCUT2D eigenvalue weighted by atomic mass is 10.3. The Kier molecular flexibility index (Phi) is 2.15. The van der Waals surface area contributed by atoms with Crippen molar-refractivity contribution in [2.75, 3.05) is 6.79 Å². The summed E-state index contributed by atoms with van der Waals surface area (Å²) in [4.78, 5) is -0.521. The Balaban J connectivity index is 2.76.